The minimum atomic E-state index is -0.597. The first kappa shape index (κ1) is 19.9. The Morgan fingerprint density at radius 1 is 1.07 bits per heavy atom. The number of para-hydroxylation sites is 1. The summed E-state index contributed by atoms with van der Waals surface area (Å²) in [6.07, 6.45) is 2.14. The van der Waals surface area contributed by atoms with E-state index in [4.69, 9.17) is 15.2 Å². The van der Waals surface area contributed by atoms with Crippen LogP contribution in [0.4, 0.5) is 17.5 Å². The van der Waals surface area contributed by atoms with Crippen molar-refractivity contribution in [3.05, 3.63) is 65.9 Å². The molecule has 0 unspecified atom stereocenters. The molecule has 1 amide bonds. The number of carbonyl (C=O) groups excluding carboxylic acids is 1. The van der Waals surface area contributed by atoms with E-state index in [2.05, 4.69) is 20.6 Å². The number of nitrogens with two attached hydrogens (primary N) is 1. The number of hydrogen-bond acceptors (Lipinski definition) is 7. The van der Waals surface area contributed by atoms with Gasteiger partial charge in [-0.25, -0.2) is 4.98 Å². The van der Waals surface area contributed by atoms with Gasteiger partial charge in [0.2, 0.25) is 5.95 Å². The van der Waals surface area contributed by atoms with Gasteiger partial charge in [-0.05, 0) is 36.2 Å². The zero-order valence-corrected chi connectivity index (χ0v) is 16.3. The number of anilines is 3. The number of amides is 1. The maximum atomic E-state index is 11.7. The normalized spacial score (nSPS) is 10.3. The van der Waals surface area contributed by atoms with Crippen LogP contribution in [0.1, 0.15) is 15.9 Å². The van der Waals surface area contributed by atoms with Crippen molar-refractivity contribution in [2.45, 2.75) is 6.42 Å². The van der Waals surface area contributed by atoms with Gasteiger partial charge in [-0.1, -0.05) is 24.3 Å². The smallest absolute Gasteiger partial charge is 0.254 e. The first-order valence-electron chi connectivity index (χ1n) is 9.04. The second-order valence-corrected chi connectivity index (χ2v) is 6.18. The largest absolute Gasteiger partial charge is 0.493 e. The zero-order chi connectivity index (χ0) is 20.6. The molecule has 0 saturated heterocycles. The summed E-state index contributed by atoms with van der Waals surface area (Å²) in [7, 11) is 3.21. The molecule has 0 atom stereocenters. The Bertz CT molecular complexity index is 979. The number of carbonyl (C=O) groups is 1. The molecule has 3 aromatic rings. The van der Waals surface area contributed by atoms with Crippen LogP contribution in [0.3, 0.4) is 0 Å². The second kappa shape index (κ2) is 9.41. The van der Waals surface area contributed by atoms with E-state index in [-0.39, 0.29) is 5.56 Å². The number of nitrogens with one attached hydrogen (secondary N) is 2. The molecule has 3 rings (SSSR count). The quantitative estimate of drug-likeness (QED) is 0.512. The highest BCUT2D eigenvalue weighted by atomic mass is 16.5. The Kier molecular flexibility index (Phi) is 6.47. The molecule has 8 nitrogen and oxygen atoms in total. The van der Waals surface area contributed by atoms with E-state index in [1.807, 2.05) is 48.5 Å². The number of rotatable bonds is 9. The van der Waals surface area contributed by atoms with Gasteiger partial charge in [-0.2, -0.15) is 4.98 Å². The maximum absolute atomic E-state index is 11.7. The number of aromatic nitrogens is 2. The van der Waals surface area contributed by atoms with E-state index < -0.39 is 5.91 Å². The molecule has 4 N–H and O–H groups in total. The third-order valence-corrected chi connectivity index (χ3v) is 4.24. The summed E-state index contributed by atoms with van der Waals surface area (Å²) in [6.45, 7) is 0.593. The average Bonchev–Trinajstić information content (AvgIpc) is 2.74. The first-order chi connectivity index (χ1) is 14.1. The van der Waals surface area contributed by atoms with Gasteiger partial charge in [0.05, 0.1) is 14.2 Å². The minimum absolute atomic E-state index is 0.222. The van der Waals surface area contributed by atoms with Gasteiger partial charge in [-0.15, -0.1) is 0 Å². The van der Waals surface area contributed by atoms with Gasteiger partial charge in [0.15, 0.2) is 11.5 Å². The summed E-state index contributed by atoms with van der Waals surface area (Å²) in [6, 6.07) is 15.2. The van der Waals surface area contributed by atoms with Crippen molar-refractivity contribution >= 4 is 23.4 Å². The fourth-order valence-corrected chi connectivity index (χ4v) is 2.76. The van der Waals surface area contributed by atoms with E-state index in [1.165, 1.54) is 6.20 Å². The summed E-state index contributed by atoms with van der Waals surface area (Å²) in [4.78, 5) is 20.3. The molecule has 1 aromatic heterocycles. The number of ether oxygens (including phenoxy) is 2. The second-order valence-electron chi connectivity index (χ2n) is 6.18. The highest BCUT2D eigenvalue weighted by Gasteiger charge is 2.12. The number of benzene rings is 2. The Morgan fingerprint density at radius 3 is 2.52 bits per heavy atom. The van der Waals surface area contributed by atoms with E-state index >= 15 is 0 Å². The van der Waals surface area contributed by atoms with Crippen molar-refractivity contribution in [3.8, 4) is 11.5 Å². The molecule has 0 aliphatic rings. The Morgan fingerprint density at radius 2 is 1.83 bits per heavy atom. The Balaban J connectivity index is 1.69. The lowest BCUT2D eigenvalue weighted by Crippen LogP contribution is -2.16. The molecule has 150 valence electrons. The number of nitrogens with zero attached hydrogens (tertiary/aromatic N) is 2. The molecule has 0 aliphatic heterocycles. The van der Waals surface area contributed by atoms with Crippen molar-refractivity contribution in [2.75, 3.05) is 31.4 Å². The van der Waals surface area contributed by atoms with Crippen LogP contribution < -0.4 is 25.8 Å². The summed E-state index contributed by atoms with van der Waals surface area (Å²) in [5.74, 6) is 1.52. The van der Waals surface area contributed by atoms with E-state index in [0.717, 1.165) is 17.7 Å². The standard InChI is InChI=1S/C21H23N5O3/c1-28-17-9-8-14(12-18(17)29-2)10-11-23-21-24-13-16(19(22)27)20(26-21)25-15-6-4-3-5-7-15/h3-9,12-13H,10-11H2,1-2H3,(H2,22,27)(H2,23,24,25,26). The van der Waals surface area contributed by atoms with Gasteiger partial charge in [-0.3, -0.25) is 4.79 Å². The van der Waals surface area contributed by atoms with Crippen molar-refractivity contribution in [1.29, 1.82) is 0 Å². The predicted octanol–water partition coefficient (Wildman–Crippen LogP) is 2.99. The fourth-order valence-electron chi connectivity index (χ4n) is 2.76. The molecule has 8 heteroatoms. The Hall–Kier alpha value is -3.81. The molecular formula is C21H23N5O3. The van der Waals surface area contributed by atoms with E-state index in [1.54, 1.807) is 14.2 Å². The van der Waals surface area contributed by atoms with Gasteiger partial charge in [0, 0.05) is 18.4 Å². The molecule has 1 heterocycles. The average molecular weight is 393 g/mol. The number of methoxy groups -OCH3 is 2. The third kappa shape index (κ3) is 5.13. The van der Waals surface area contributed by atoms with Crippen LogP contribution in [-0.4, -0.2) is 36.6 Å². The molecule has 29 heavy (non-hydrogen) atoms. The number of primary amides is 1. The summed E-state index contributed by atoms with van der Waals surface area (Å²) in [5, 5.41) is 6.27. The lowest BCUT2D eigenvalue weighted by molar-refractivity contribution is 0.100. The highest BCUT2D eigenvalue weighted by Crippen LogP contribution is 2.27. The third-order valence-electron chi connectivity index (χ3n) is 4.24. The summed E-state index contributed by atoms with van der Waals surface area (Å²) < 4.78 is 10.6. The molecule has 0 bridgehead atoms. The van der Waals surface area contributed by atoms with Crippen molar-refractivity contribution in [2.24, 2.45) is 5.73 Å². The van der Waals surface area contributed by atoms with Crippen LogP contribution in [0.5, 0.6) is 11.5 Å². The highest BCUT2D eigenvalue weighted by molar-refractivity contribution is 5.98. The lowest BCUT2D eigenvalue weighted by Gasteiger charge is -2.12. The fraction of sp³-hybridized carbons (Fsp3) is 0.190. The first-order valence-corrected chi connectivity index (χ1v) is 9.04. The van der Waals surface area contributed by atoms with Crippen LogP contribution >= 0.6 is 0 Å². The zero-order valence-electron chi connectivity index (χ0n) is 16.3. The molecule has 0 spiro atoms. The van der Waals surface area contributed by atoms with Gasteiger partial charge >= 0.3 is 0 Å². The number of hydrogen-bond donors (Lipinski definition) is 3. The Labute approximate surface area is 169 Å². The van der Waals surface area contributed by atoms with Crippen molar-refractivity contribution in [3.63, 3.8) is 0 Å². The van der Waals surface area contributed by atoms with E-state index in [0.29, 0.717) is 29.8 Å². The van der Waals surface area contributed by atoms with Gasteiger partial charge in [0.1, 0.15) is 11.4 Å². The predicted molar refractivity (Wildman–Crippen MR) is 112 cm³/mol. The SMILES string of the molecule is COc1ccc(CCNc2ncc(C(N)=O)c(Nc3ccccc3)n2)cc1OC. The molecule has 2 aromatic carbocycles. The van der Waals surface area contributed by atoms with Crippen LogP contribution in [0.25, 0.3) is 0 Å². The summed E-state index contributed by atoms with van der Waals surface area (Å²) >= 11 is 0. The molecule has 0 radical (unpaired) electrons. The van der Waals surface area contributed by atoms with Gasteiger partial charge < -0.3 is 25.8 Å². The van der Waals surface area contributed by atoms with Crippen molar-refractivity contribution in [1.82, 2.24) is 9.97 Å². The van der Waals surface area contributed by atoms with Crippen LogP contribution in [0.2, 0.25) is 0 Å². The van der Waals surface area contributed by atoms with Crippen LogP contribution in [0.15, 0.2) is 54.7 Å². The monoisotopic (exact) mass is 393 g/mol. The molecule has 0 saturated carbocycles. The summed E-state index contributed by atoms with van der Waals surface area (Å²) in [5.41, 5.74) is 7.54. The minimum Gasteiger partial charge on any atom is -0.493 e. The van der Waals surface area contributed by atoms with Crippen molar-refractivity contribution < 1.29 is 14.3 Å². The molecular weight excluding hydrogens is 370 g/mol. The van der Waals surface area contributed by atoms with Crippen LogP contribution in [0, 0.1) is 0 Å². The van der Waals surface area contributed by atoms with E-state index in [9.17, 15) is 4.79 Å². The molecule has 0 aliphatic carbocycles. The lowest BCUT2D eigenvalue weighted by atomic mass is 10.1. The van der Waals surface area contributed by atoms with Crippen LogP contribution in [-0.2, 0) is 6.42 Å². The molecule has 0 fully saturated rings. The topological polar surface area (TPSA) is 111 Å². The van der Waals surface area contributed by atoms with Gasteiger partial charge in [0.25, 0.3) is 5.91 Å². The maximum Gasteiger partial charge on any atom is 0.254 e.